The second kappa shape index (κ2) is 8.13. The molecule has 0 heterocycles. The van der Waals surface area contributed by atoms with Gasteiger partial charge in [0.05, 0.1) is 0 Å². The SMILES string of the molecule is C=CC[C@](C)(CCCC)CCCc1ccccc1. The van der Waals surface area contributed by atoms with E-state index >= 15 is 0 Å². The van der Waals surface area contributed by atoms with E-state index in [0.717, 1.165) is 6.42 Å². The van der Waals surface area contributed by atoms with Crippen LogP contribution in [0, 0.1) is 5.41 Å². The van der Waals surface area contributed by atoms with Crippen LogP contribution < -0.4 is 0 Å². The van der Waals surface area contributed by atoms with Gasteiger partial charge in [-0.3, -0.25) is 0 Å². The van der Waals surface area contributed by atoms with Crippen LogP contribution in [-0.4, -0.2) is 0 Å². The lowest BCUT2D eigenvalue weighted by molar-refractivity contribution is 0.260. The maximum Gasteiger partial charge on any atom is -0.0279 e. The number of hydrogen-bond donors (Lipinski definition) is 0. The molecular weight excluding hydrogens is 216 g/mol. The van der Waals surface area contributed by atoms with Gasteiger partial charge in [0, 0.05) is 0 Å². The van der Waals surface area contributed by atoms with E-state index in [2.05, 4.69) is 56.8 Å². The van der Waals surface area contributed by atoms with Crippen molar-refractivity contribution in [1.29, 1.82) is 0 Å². The maximum atomic E-state index is 3.92. The molecule has 0 saturated carbocycles. The predicted molar refractivity (Wildman–Crippen MR) is 81.8 cm³/mol. The second-order valence-electron chi connectivity index (χ2n) is 5.75. The van der Waals surface area contributed by atoms with Crippen LogP contribution >= 0.6 is 0 Å². The molecule has 0 heteroatoms. The summed E-state index contributed by atoms with van der Waals surface area (Å²) in [5.41, 5.74) is 1.93. The van der Waals surface area contributed by atoms with Crippen LogP contribution in [0.5, 0.6) is 0 Å². The number of unbranched alkanes of at least 4 members (excludes halogenated alkanes) is 1. The van der Waals surface area contributed by atoms with Gasteiger partial charge in [0.1, 0.15) is 0 Å². The number of benzene rings is 1. The predicted octanol–water partition coefficient (Wildman–Crippen LogP) is 5.78. The van der Waals surface area contributed by atoms with Crippen molar-refractivity contribution in [2.24, 2.45) is 5.41 Å². The average Bonchev–Trinajstić information content (AvgIpc) is 2.38. The van der Waals surface area contributed by atoms with Crippen molar-refractivity contribution in [3.8, 4) is 0 Å². The molecule has 0 aromatic heterocycles. The van der Waals surface area contributed by atoms with Gasteiger partial charge in [-0.25, -0.2) is 0 Å². The van der Waals surface area contributed by atoms with Crippen LogP contribution in [-0.2, 0) is 6.42 Å². The Morgan fingerprint density at radius 3 is 2.39 bits per heavy atom. The molecule has 1 atom stereocenters. The van der Waals surface area contributed by atoms with E-state index in [-0.39, 0.29) is 0 Å². The summed E-state index contributed by atoms with van der Waals surface area (Å²) in [6.07, 6.45) is 11.0. The van der Waals surface area contributed by atoms with Crippen molar-refractivity contribution in [2.45, 2.75) is 58.8 Å². The van der Waals surface area contributed by atoms with E-state index in [0.29, 0.717) is 5.41 Å². The lowest BCUT2D eigenvalue weighted by Gasteiger charge is -2.28. The standard InChI is InChI=1S/C18H28/c1-4-6-15-18(3,14-5-2)16-10-13-17-11-8-7-9-12-17/h5,7-9,11-12H,2,4,6,10,13-16H2,1,3H3/t18-/m1/s1. The van der Waals surface area contributed by atoms with E-state index in [4.69, 9.17) is 0 Å². The molecule has 100 valence electrons. The highest BCUT2D eigenvalue weighted by molar-refractivity contribution is 5.14. The zero-order valence-corrected chi connectivity index (χ0v) is 12.1. The first-order chi connectivity index (χ1) is 8.70. The molecule has 1 aromatic rings. The van der Waals surface area contributed by atoms with Crippen molar-refractivity contribution in [1.82, 2.24) is 0 Å². The fraction of sp³-hybridized carbons (Fsp3) is 0.556. The first-order valence-electron chi connectivity index (χ1n) is 7.35. The second-order valence-corrected chi connectivity index (χ2v) is 5.75. The number of allylic oxidation sites excluding steroid dienone is 1. The van der Waals surface area contributed by atoms with Gasteiger partial charge in [0.2, 0.25) is 0 Å². The highest BCUT2D eigenvalue weighted by atomic mass is 14.3. The van der Waals surface area contributed by atoms with Gasteiger partial charge >= 0.3 is 0 Å². The Morgan fingerprint density at radius 1 is 1.11 bits per heavy atom. The van der Waals surface area contributed by atoms with Gasteiger partial charge in [-0.2, -0.15) is 0 Å². The monoisotopic (exact) mass is 244 g/mol. The summed E-state index contributed by atoms with van der Waals surface area (Å²) in [5.74, 6) is 0. The molecule has 0 saturated heterocycles. The highest BCUT2D eigenvalue weighted by Crippen LogP contribution is 2.34. The van der Waals surface area contributed by atoms with Gasteiger partial charge < -0.3 is 0 Å². The molecule has 0 amide bonds. The van der Waals surface area contributed by atoms with Crippen LogP contribution in [0.2, 0.25) is 0 Å². The molecule has 0 aliphatic carbocycles. The van der Waals surface area contributed by atoms with Crippen LogP contribution in [0.4, 0.5) is 0 Å². The van der Waals surface area contributed by atoms with E-state index in [1.165, 1.54) is 44.1 Å². The van der Waals surface area contributed by atoms with E-state index in [1.54, 1.807) is 0 Å². The Bertz CT molecular complexity index is 325. The molecule has 0 bridgehead atoms. The molecule has 0 fully saturated rings. The molecule has 1 aromatic carbocycles. The third-order valence-electron chi connectivity index (χ3n) is 3.86. The molecular formula is C18H28. The summed E-state index contributed by atoms with van der Waals surface area (Å²) < 4.78 is 0. The van der Waals surface area contributed by atoms with Crippen LogP contribution in [0.1, 0.15) is 57.9 Å². The quantitative estimate of drug-likeness (QED) is 0.483. The average molecular weight is 244 g/mol. The largest absolute Gasteiger partial charge is 0.103 e. The fourth-order valence-corrected chi connectivity index (χ4v) is 2.65. The Kier molecular flexibility index (Phi) is 6.78. The van der Waals surface area contributed by atoms with E-state index in [1.807, 2.05) is 0 Å². The molecule has 0 unspecified atom stereocenters. The summed E-state index contributed by atoms with van der Waals surface area (Å²) in [5, 5.41) is 0. The molecule has 0 nitrogen and oxygen atoms in total. The van der Waals surface area contributed by atoms with Crippen molar-refractivity contribution in [3.05, 3.63) is 48.6 Å². The maximum absolute atomic E-state index is 3.92. The van der Waals surface area contributed by atoms with Gasteiger partial charge in [-0.15, -0.1) is 6.58 Å². The van der Waals surface area contributed by atoms with Crippen molar-refractivity contribution in [2.75, 3.05) is 0 Å². The van der Waals surface area contributed by atoms with Crippen LogP contribution in [0.3, 0.4) is 0 Å². The lowest BCUT2D eigenvalue weighted by atomic mass is 9.77. The first kappa shape index (κ1) is 15.0. The molecule has 18 heavy (non-hydrogen) atoms. The molecule has 0 N–H and O–H groups in total. The summed E-state index contributed by atoms with van der Waals surface area (Å²) in [4.78, 5) is 0. The fourth-order valence-electron chi connectivity index (χ4n) is 2.65. The Balaban J connectivity index is 2.39. The van der Waals surface area contributed by atoms with E-state index in [9.17, 15) is 0 Å². The lowest BCUT2D eigenvalue weighted by Crippen LogP contribution is -2.15. The topological polar surface area (TPSA) is 0 Å². The number of hydrogen-bond acceptors (Lipinski definition) is 0. The number of rotatable bonds is 9. The molecule has 1 rings (SSSR count). The highest BCUT2D eigenvalue weighted by Gasteiger charge is 2.21. The minimum absolute atomic E-state index is 0.465. The Morgan fingerprint density at radius 2 is 1.78 bits per heavy atom. The van der Waals surface area contributed by atoms with Crippen LogP contribution in [0.15, 0.2) is 43.0 Å². The van der Waals surface area contributed by atoms with Gasteiger partial charge in [0.15, 0.2) is 0 Å². The molecule has 0 aliphatic rings. The van der Waals surface area contributed by atoms with E-state index < -0.39 is 0 Å². The molecule has 0 spiro atoms. The Labute approximate surface area is 113 Å². The minimum Gasteiger partial charge on any atom is -0.103 e. The minimum atomic E-state index is 0.465. The zero-order chi connectivity index (χ0) is 13.3. The van der Waals surface area contributed by atoms with Gasteiger partial charge in [-0.1, -0.05) is 63.1 Å². The van der Waals surface area contributed by atoms with Crippen molar-refractivity contribution < 1.29 is 0 Å². The molecule has 0 radical (unpaired) electrons. The zero-order valence-electron chi connectivity index (χ0n) is 12.1. The summed E-state index contributed by atoms with van der Waals surface area (Å²) in [6.45, 7) is 8.62. The Hall–Kier alpha value is -1.04. The van der Waals surface area contributed by atoms with Gasteiger partial charge in [0.25, 0.3) is 0 Å². The smallest absolute Gasteiger partial charge is 0.0279 e. The van der Waals surface area contributed by atoms with Gasteiger partial charge in [-0.05, 0) is 43.1 Å². The third-order valence-corrected chi connectivity index (χ3v) is 3.86. The van der Waals surface area contributed by atoms with Crippen LogP contribution in [0.25, 0.3) is 0 Å². The third kappa shape index (κ3) is 5.53. The first-order valence-corrected chi connectivity index (χ1v) is 7.35. The molecule has 0 aliphatic heterocycles. The van der Waals surface area contributed by atoms with Crippen molar-refractivity contribution in [3.63, 3.8) is 0 Å². The summed E-state index contributed by atoms with van der Waals surface area (Å²) in [6, 6.07) is 10.8. The van der Waals surface area contributed by atoms with Crippen molar-refractivity contribution >= 4 is 0 Å². The summed E-state index contributed by atoms with van der Waals surface area (Å²) >= 11 is 0. The number of aryl methyl sites for hydroxylation is 1. The summed E-state index contributed by atoms with van der Waals surface area (Å²) in [7, 11) is 0. The normalized spacial score (nSPS) is 14.1.